The molecule has 0 aliphatic heterocycles. The smallest absolute Gasteiger partial charge is 0.122 e. The van der Waals surface area contributed by atoms with E-state index in [1.807, 2.05) is 6.92 Å². The number of hydrogen-bond acceptors (Lipinski definition) is 1. The van der Waals surface area contributed by atoms with E-state index in [1.54, 1.807) is 0 Å². The molecule has 0 saturated carbocycles. The van der Waals surface area contributed by atoms with E-state index >= 15 is 0 Å². The van der Waals surface area contributed by atoms with Crippen LogP contribution >= 0.6 is 0 Å². The summed E-state index contributed by atoms with van der Waals surface area (Å²) < 4.78 is 0. The van der Waals surface area contributed by atoms with Gasteiger partial charge in [-0.15, -0.1) is 0 Å². The third-order valence-corrected chi connectivity index (χ3v) is 5.75. The predicted molar refractivity (Wildman–Crippen MR) is 118 cm³/mol. The highest BCUT2D eigenvalue weighted by atomic mass is 16.1. The van der Waals surface area contributed by atoms with Gasteiger partial charge in [-0.05, 0) is 6.42 Å². The van der Waals surface area contributed by atoms with Crippen LogP contribution in [0.1, 0.15) is 149 Å². The van der Waals surface area contributed by atoms with Crippen molar-refractivity contribution in [3.8, 4) is 0 Å². The molecule has 0 aromatic rings. The molecule has 0 fully saturated rings. The molecule has 0 N–H and O–H groups in total. The summed E-state index contributed by atoms with van der Waals surface area (Å²) in [6, 6.07) is 0. The van der Waals surface area contributed by atoms with Gasteiger partial charge in [-0.2, -0.15) is 0 Å². The summed E-state index contributed by atoms with van der Waals surface area (Å²) in [6.45, 7) is 4.32. The van der Waals surface area contributed by atoms with Crippen molar-refractivity contribution in [3.63, 3.8) is 0 Å². The minimum Gasteiger partial charge on any atom is -0.303 e. The summed E-state index contributed by atoms with van der Waals surface area (Å²) >= 11 is 0. The lowest BCUT2D eigenvalue weighted by atomic mass is 10.0. The monoisotopic (exact) mass is 366 g/mol. The molecule has 0 spiro atoms. The first kappa shape index (κ1) is 25.7. The Morgan fingerprint density at radius 3 is 1.04 bits per heavy atom. The van der Waals surface area contributed by atoms with Crippen LogP contribution in [0.3, 0.4) is 0 Å². The van der Waals surface area contributed by atoms with Gasteiger partial charge >= 0.3 is 0 Å². The molecule has 1 nitrogen and oxygen atoms in total. The van der Waals surface area contributed by atoms with Crippen molar-refractivity contribution in [2.24, 2.45) is 5.92 Å². The van der Waals surface area contributed by atoms with E-state index in [0.29, 0.717) is 0 Å². The maximum atomic E-state index is 10.5. The van der Waals surface area contributed by atoms with Crippen molar-refractivity contribution < 1.29 is 4.79 Å². The topological polar surface area (TPSA) is 17.1 Å². The molecule has 0 rings (SSSR count). The molecule has 0 aromatic heterocycles. The zero-order valence-corrected chi connectivity index (χ0v) is 18.4. The van der Waals surface area contributed by atoms with Crippen molar-refractivity contribution in [2.45, 2.75) is 149 Å². The number of hydrogen-bond donors (Lipinski definition) is 0. The van der Waals surface area contributed by atoms with Gasteiger partial charge in [0.2, 0.25) is 0 Å². The van der Waals surface area contributed by atoms with Gasteiger partial charge in [-0.1, -0.05) is 142 Å². The maximum Gasteiger partial charge on any atom is 0.122 e. The van der Waals surface area contributed by atoms with E-state index in [9.17, 15) is 4.79 Å². The molecule has 0 bridgehead atoms. The fraction of sp³-hybridized carbons (Fsp3) is 0.960. The van der Waals surface area contributed by atoms with Crippen molar-refractivity contribution >= 4 is 6.29 Å². The summed E-state index contributed by atoms with van der Waals surface area (Å²) in [6.07, 6.45) is 30.7. The molecule has 0 aromatic carbocycles. The Kier molecular flexibility index (Phi) is 22.4. The Morgan fingerprint density at radius 1 is 0.500 bits per heavy atom. The van der Waals surface area contributed by atoms with Crippen LogP contribution in [0.2, 0.25) is 0 Å². The number of carbonyl (C=O) groups excluding carboxylic acids is 1. The zero-order chi connectivity index (χ0) is 19.1. The third-order valence-electron chi connectivity index (χ3n) is 5.75. The molecule has 0 aliphatic rings. The first-order valence-electron chi connectivity index (χ1n) is 12.3. The highest BCUT2D eigenvalue weighted by Gasteiger charge is 1.99. The zero-order valence-electron chi connectivity index (χ0n) is 18.4. The van der Waals surface area contributed by atoms with Crippen molar-refractivity contribution in [2.75, 3.05) is 0 Å². The Labute approximate surface area is 166 Å². The summed E-state index contributed by atoms with van der Waals surface area (Å²) in [5, 5.41) is 0. The lowest BCUT2D eigenvalue weighted by molar-refractivity contribution is -0.110. The molecular formula is C25H50O. The number of unbranched alkanes of at least 4 members (excludes halogenated alkanes) is 19. The molecule has 1 atom stereocenters. The van der Waals surface area contributed by atoms with E-state index in [-0.39, 0.29) is 5.92 Å². The van der Waals surface area contributed by atoms with Crippen molar-refractivity contribution in [3.05, 3.63) is 0 Å². The van der Waals surface area contributed by atoms with Gasteiger partial charge in [-0.25, -0.2) is 0 Å². The number of carbonyl (C=O) groups is 1. The second-order valence-electron chi connectivity index (χ2n) is 8.62. The third kappa shape index (κ3) is 21.7. The summed E-state index contributed by atoms with van der Waals surface area (Å²) in [7, 11) is 0. The number of aldehydes is 1. The standard InChI is InChI=1S/C25H50O/c1-3-4-5-6-7-8-9-10-11-12-13-14-15-16-17-18-19-20-21-22-23-25(2)24-26/h24-25H,3-23H2,1-2H3. The Bertz CT molecular complexity index is 261. The molecule has 26 heavy (non-hydrogen) atoms. The average Bonchev–Trinajstić information content (AvgIpc) is 2.66. The van der Waals surface area contributed by atoms with Gasteiger partial charge in [0.1, 0.15) is 6.29 Å². The summed E-state index contributed by atoms with van der Waals surface area (Å²) in [4.78, 5) is 10.5. The summed E-state index contributed by atoms with van der Waals surface area (Å²) in [5.74, 6) is 0.269. The lowest BCUT2D eigenvalue weighted by Gasteiger charge is -2.04. The van der Waals surface area contributed by atoms with E-state index in [4.69, 9.17) is 0 Å². The quantitative estimate of drug-likeness (QED) is 0.138. The van der Waals surface area contributed by atoms with Crippen molar-refractivity contribution in [1.29, 1.82) is 0 Å². The Morgan fingerprint density at radius 2 is 0.769 bits per heavy atom. The fourth-order valence-electron chi connectivity index (χ4n) is 3.79. The van der Waals surface area contributed by atoms with Gasteiger partial charge in [-0.3, -0.25) is 0 Å². The van der Waals surface area contributed by atoms with Crippen LogP contribution in [0.5, 0.6) is 0 Å². The van der Waals surface area contributed by atoms with Gasteiger partial charge in [0.15, 0.2) is 0 Å². The van der Waals surface area contributed by atoms with Crippen LogP contribution in [-0.2, 0) is 4.79 Å². The van der Waals surface area contributed by atoms with Crippen LogP contribution < -0.4 is 0 Å². The minimum absolute atomic E-state index is 0.269. The molecule has 1 unspecified atom stereocenters. The molecule has 0 radical (unpaired) electrons. The van der Waals surface area contributed by atoms with E-state index in [1.165, 1.54) is 128 Å². The minimum atomic E-state index is 0.269. The van der Waals surface area contributed by atoms with Gasteiger partial charge < -0.3 is 4.79 Å². The van der Waals surface area contributed by atoms with Crippen LogP contribution in [0.25, 0.3) is 0 Å². The van der Waals surface area contributed by atoms with Gasteiger partial charge in [0.25, 0.3) is 0 Å². The Balaban J connectivity index is 3.00. The van der Waals surface area contributed by atoms with Crippen LogP contribution in [-0.4, -0.2) is 6.29 Å². The number of rotatable bonds is 22. The van der Waals surface area contributed by atoms with Crippen LogP contribution in [0.4, 0.5) is 0 Å². The molecule has 156 valence electrons. The second kappa shape index (κ2) is 22.7. The Hall–Kier alpha value is -0.330. The SMILES string of the molecule is CCCCCCCCCCCCCCCCCCCCCCC(C)C=O. The predicted octanol–water partition coefficient (Wildman–Crippen LogP) is 9.03. The molecule has 0 heterocycles. The van der Waals surface area contributed by atoms with E-state index in [0.717, 1.165) is 12.7 Å². The van der Waals surface area contributed by atoms with Crippen LogP contribution in [0, 0.1) is 5.92 Å². The van der Waals surface area contributed by atoms with Crippen molar-refractivity contribution in [1.82, 2.24) is 0 Å². The largest absolute Gasteiger partial charge is 0.303 e. The maximum absolute atomic E-state index is 10.5. The highest BCUT2D eigenvalue weighted by Crippen LogP contribution is 2.15. The fourth-order valence-corrected chi connectivity index (χ4v) is 3.79. The van der Waals surface area contributed by atoms with Gasteiger partial charge in [0.05, 0.1) is 0 Å². The first-order valence-corrected chi connectivity index (χ1v) is 12.3. The molecule has 1 heteroatoms. The molecule has 0 saturated heterocycles. The first-order chi connectivity index (χ1) is 12.8. The van der Waals surface area contributed by atoms with Crippen LogP contribution in [0.15, 0.2) is 0 Å². The van der Waals surface area contributed by atoms with E-state index < -0.39 is 0 Å². The molecule has 0 amide bonds. The normalized spacial score (nSPS) is 12.4. The average molecular weight is 367 g/mol. The van der Waals surface area contributed by atoms with Gasteiger partial charge in [0, 0.05) is 5.92 Å². The molecule has 0 aliphatic carbocycles. The van der Waals surface area contributed by atoms with E-state index in [2.05, 4.69) is 6.92 Å². The summed E-state index contributed by atoms with van der Waals surface area (Å²) in [5.41, 5.74) is 0. The molecular weight excluding hydrogens is 316 g/mol. The lowest BCUT2D eigenvalue weighted by Crippen LogP contribution is -1.94. The second-order valence-corrected chi connectivity index (χ2v) is 8.62. The highest BCUT2D eigenvalue weighted by molar-refractivity contribution is 5.52.